The molecule has 0 aromatic carbocycles. The zero-order valence-corrected chi connectivity index (χ0v) is 8.85. The highest BCUT2D eigenvalue weighted by atomic mass is 79.9. The van der Waals surface area contributed by atoms with Crippen molar-refractivity contribution in [1.29, 1.82) is 0 Å². The van der Waals surface area contributed by atoms with Gasteiger partial charge in [-0.25, -0.2) is 0 Å². The molecule has 0 rings (SSSR count). The molecule has 0 saturated carbocycles. The van der Waals surface area contributed by atoms with Crippen LogP contribution in [0.1, 0.15) is 19.8 Å². The van der Waals surface area contributed by atoms with Gasteiger partial charge < -0.3 is 5.11 Å². The SMILES string of the molecule is CCC(Br)C(Br)CC(=O)O. The van der Waals surface area contributed by atoms with Crippen LogP contribution in [0.2, 0.25) is 0 Å². The predicted octanol–water partition coefficient (Wildman–Crippen LogP) is 2.40. The third-order valence-corrected chi connectivity index (χ3v) is 4.11. The van der Waals surface area contributed by atoms with E-state index < -0.39 is 5.97 Å². The first kappa shape index (κ1) is 10.4. The van der Waals surface area contributed by atoms with Gasteiger partial charge in [-0.15, -0.1) is 0 Å². The lowest BCUT2D eigenvalue weighted by atomic mass is 10.2. The fourth-order valence-corrected chi connectivity index (χ4v) is 1.39. The summed E-state index contributed by atoms with van der Waals surface area (Å²) in [6.07, 6.45) is 1.10. The van der Waals surface area contributed by atoms with Gasteiger partial charge in [-0.1, -0.05) is 38.8 Å². The summed E-state index contributed by atoms with van der Waals surface area (Å²) in [6.45, 7) is 2.01. The average molecular weight is 274 g/mol. The first-order chi connectivity index (χ1) is 4.57. The molecule has 0 spiro atoms. The number of alkyl halides is 2. The van der Waals surface area contributed by atoms with Crippen molar-refractivity contribution in [1.82, 2.24) is 0 Å². The van der Waals surface area contributed by atoms with E-state index in [1.807, 2.05) is 6.92 Å². The lowest BCUT2D eigenvalue weighted by Gasteiger charge is -2.11. The highest BCUT2D eigenvalue weighted by Crippen LogP contribution is 2.20. The lowest BCUT2D eigenvalue weighted by molar-refractivity contribution is -0.136. The summed E-state index contributed by atoms with van der Waals surface area (Å²) in [5.41, 5.74) is 0. The Morgan fingerprint density at radius 3 is 2.30 bits per heavy atom. The number of rotatable bonds is 4. The van der Waals surface area contributed by atoms with Gasteiger partial charge in [0.05, 0.1) is 6.42 Å². The molecule has 10 heavy (non-hydrogen) atoms. The zero-order valence-electron chi connectivity index (χ0n) is 5.68. The fraction of sp³-hybridized carbons (Fsp3) is 0.833. The van der Waals surface area contributed by atoms with Gasteiger partial charge in [0, 0.05) is 9.65 Å². The van der Waals surface area contributed by atoms with Crippen molar-refractivity contribution < 1.29 is 9.90 Å². The molecule has 60 valence electrons. The van der Waals surface area contributed by atoms with E-state index in [9.17, 15) is 4.79 Å². The Kier molecular flexibility index (Phi) is 5.35. The Morgan fingerprint density at radius 2 is 2.00 bits per heavy atom. The van der Waals surface area contributed by atoms with Crippen molar-refractivity contribution >= 4 is 37.8 Å². The molecular formula is C6H10Br2O2. The van der Waals surface area contributed by atoms with Crippen molar-refractivity contribution in [2.75, 3.05) is 0 Å². The summed E-state index contributed by atoms with van der Waals surface area (Å²) in [4.78, 5) is 10.5. The summed E-state index contributed by atoms with van der Waals surface area (Å²) in [5.74, 6) is -0.764. The monoisotopic (exact) mass is 272 g/mol. The van der Waals surface area contributed by atoms with E-state index in [1.54, 1.807) is 0 Å². The Balaban J connectivity index is 3.61. The third kappa shape index (κ3) is 4.28. The third-order valence-electron chi connectivity index (χ3n) is 1.15. The minimum Gasteiger partial charge on any atom is -0.481 e. The maximum Gasteiger partial charge on any atom is 0.304 e. The molecule has 0 aromatic rings. The zero-order chi connectivity index (χ0) is 8.15. The maximum absolute atomic E-state index is 10.2. The van der Waals surface area contributed by atoms with Gasteiger partial charge in [0.1, 0.15) is 0 Å². The van der Waals surface area contributed by atoms with Crippen LogP contribution in [0, 0.1) is 0 Å². The second kappa shape index (κ2) is 5.13. The molecule has 0 aliphatic heterocycles. The first-order valence-corrected chi connectivity index (χ1v) is 4.91. The quantitative estimate of drug-likeness (QED) is 0.799. The number of carboxylic acid groups (broad SMARTS) is 1. The van der Waals surface area contributed by atoms with Gasteiger partial charge in [-0.2, -0.15) is 0 Å². The average Bonchev–Trinajstić information content (AvgIpc) is 1.85. The molecule has 2 unspecified atom stereocenters. The normalized spacial score (nSPS) is 16.3. The summed E-state index contributed by atoms with van der Waals surface area (Å²) < 4.78 is 0. The van der Waals surface area contributed by atoms with E-state index in [0.29, 0.717) is 0 Å². The van der Waals surface area contributed by atoms with Crippen molar-refractivity contribution in [2.24, 2.45) is 0 Å². The van der Waals surface area contributed by atoms with E-state index in [0.717, 1.165) is 6.42 Å². The number of hydrogen-bond donors (Lipinski definition) is 1. The lowest BCUT2D eigenvalue weighted by Crippen LogP contribution is -2.16. The standard InChI is InChI=1S/C6H10Br2O2/c1-2-4(7)5(8)3-6(9)10/h4-5H,2-3H2,1H3,(H,9,10). The van der Waals surface area contributed by atoms with Gasteiger partial charge >= 0.3 is 5.97 Å². The minimum absolute atomic E-state index is 0.0370. The smallest absolute Gasteiger partial charge is 0.304 e. The second-order valence-electron chi connectivity index (χ2n) is 2.04. The van der Waals surface area contributed by atoms with Crippen molar-refractivity contribution in [2.45, 2.75) is 29.4 Å². The Bertz CT molecular complexity index is 116. The second-order valence-corrected chi connectivity index (χ2v) is 4.39. The fourth-order valence-electron chi connectivity index (χ4n) is 0.550. The molecule has 2 nitrogen and oxygen atoms in total. The highest BCUT2D eigenvalue weighted by molar-refractivity contribution is 9.12. The predicted molar refractivity (Wildman–Crippen MR) is 48.0 cm³/mol. The number of halogens is 2. The highest BCUT2D eigenvalue weighted by Gasteiger charge is 2.16. The number of hydrogen-bond acceptors (Lipinski definition) is 1. The van der Waals surface area contributed by atoms with Gasteiger partial charge in [0.15, 0.2) is 0 Å². The molecule has 0 radical (unpaired) electrons. The molecule has 0 saturated heterocycles. The molecule has 4 heteroatoms. The van der Waals surface area contributed by atoms with E-state index in [2.05, 4.69) is 31.9 Å². The van der Waals surface area contributed by atoms with Gasteiger partial charge in [0.25, 0.3) is 0 Å². The van der Waals surface area contributed by atoms with E-state index in [4.69, 9.17) is 5.11 Å². The van der Waals surface area contributed by atoms with Crippen LogP contribution < -0.4 is 0 Å². The van der Waals surface area contributed by atoms with Crippen molar-refractivity contribution in [3.8, 4) is 0 Å². The number of carboxylic acids is 1. The summed E-state index contributed by atoms with van der Waals surface area (Å²) in [7, 11) is 0. The summed E-state index contributed by atoms with van der Waals surface area (Å²) in [5, 5.41) is 8.38. The molecule has 0 heterocycles. The van der Waals surface area contributed by atoms with Crippen LogP contribution in [-0.2, 0) is 4.79 Å². The van der Waals surface area contributed by atoms with E-state index >= 15 is 0 Å². The number of aliphatic carboxylic acids is 1. The molecule has 0 aliphatic carbocycles. The largest absolute Gasteiger partial charge is 0.481 e. The molecule has 0 aromatic heterocycles. The Morgan fingerprint density at radius 1 is 1.50 bits per heavy atom. The van der Waals surface area contributed by atoms with Crippen LogP contribution in [-0.4, -0.2) is 20.7 Å². The molecule has 0 amide bonds. The summed E-state index contributed by atoms with van der Waals surface area (Å²) in [6, 6.07) is 0. The number of carbonyl (C=O) groups is 1. The molecular weight excluding hydrogens is 264 g/mol. The summed E-state index contributed by atoms with van der Waals surface area (Å²) >= 11 is 6.64. The minimum atomic E-state index is -0.764. The molecule has 0 fully saturated rings. The molecule has 2 atom stereocenters. The molecule has 0 bridgehead atoms. The van der Waals surface area contributed by atoms with Crippen LogP contribution in [0.3, 0.4) is 0 Å². The van der Waals surface area contributed by atoms with Crippen LogP contribution in [0.25, 0.3) is 0 Å². The van der Waals surface area contributed by atoms with Crippen LogP contribution in [0.4, 0.5) is 0 Å². The Labute approximate surface area is 77.3 Å². The first-order valence-electron chi connectivity index (χ1n) is 3.07. The van der Waals surface area contributed by atoms with Crippen LogP contribution >= 0.6 is 31.9 Å². The van der Waals surface area contributed by atoms with E-state index in [-0.39, 0.29) is 16.1 Å². The van der Waals surface area contributed by atoms with Crippen molar-refractivity contribution in [3.63, 3.8) is 0 Å². The van der Waals surface area contributed by atoms with Gasteiger partial charge in [-0.3, -0.25) is 4.79 Å². The maximum atomic E-state index is 10.2. The Hall–Kier alpha value is 0.430. The van der Waals surface area contributed by atoms with Gasteiger partial charge in [0.2, 0.25) is 0 Å². The topological polar surface area (TPSA) is 37.3 Å². The van der Waals surface area contributed by atoms with Gasteiger partial charge in [-0.05, 0) is 6.42 Å². The van der Waals surface area contributed by atoms with E-state index in [1.165, 1.54) is 0 Å². The molecule has 1 N–H and O–H groups in total. The molecule has 0 aliphatic rings. The van der Waals surface area contributed by atoms with Crippen LogP contribution in [0.15, 0.2) is 0 Å². The van der Waals surface area contributed by atoms with Crippen molar-refractivity contribution in [3.05, 3.63) is 0 Å². The van der Waals surface area contributed by atoms with Crippen LogP contribution in [0.5, 0.6) is 0 Å².